The van der Waals surface area contributed by atoms with Gasteiger partial charge in [-0.25, -0.2) is 18.0 Å². The van der Waals surface area contributed by atoms with Crippen LogP contribution in [-0.2, 0) is 30.4 Å². The van der Waals surface area contributed by atoms with E-state index in [4.69, 9.17) is 4.74 Å². The predicted octanol–water partition coefficient (Wildman–Crippen LogP) is 2.56. The molecule has 30 heavy (non-hydrogen) atoms. The maximum atomic E-state index is 13.3. The summed E-state index contributed by atoms with van der Waals surface area (Å²) < 4.78 is 48.4. The molecule has 1 aliphatic rings. The number of nitrogens with zero attached hydrogens (tertiary/aromatic N) is 1. The maximum absolute atomic E-state index is 13.3. The Morgan fingerprint density at radius 1 is 1.27 bits per heavy atom. The fourth-order valence-corrected chi connectivity index (χ4v) is 2.53. The highest BCUT2D eigenvalue weighted by atomic mass is 19.2. The molecule has 2 atom stereocenters. The van der Waals surface area contributed by atoms with Gasteiger partial charge in [-0.15, -0.1) is 0 Å². The topological polar surface area (TPSA) is 84.9 Å². The van der Waals surface area contributed by atoms with E-state index in [2.05, 4.69) is 10.1 Å². The molecule has 1 aromatic carbocycles. The number of benzene rings is 1. The summed E-state index contributed by atoms with van der Waals surface area (Å²) in [5, 5.41) is 2.30. The van der Waals surface area contributed by atoms with Crippen LogP contribution in [0.5, 0.6) is 0 Å². The van der Waals surface area contributed by atoms with Crippen LogP contribution in [-0.4, -0.2) is 56.1 Å². The lowest BCUT2D eigenvalue weighted by Gasteiger charge is -2.19. The fraction of sp³-hybridized carbons (Fsp3) is 0.550. The zero-order chi connectivity index (χ0) is 23.3. The number of likely N-dealkylation sites (tertiary alicyclic amines) is 1. The smallest absolute Gasteiger partial charge is 0.331 e. The number of rotatable bonds is 7. The van der Waals surface area contributed by atoms with Crippen molar-refractivity contribution in [2.45, 2.75) is 52.3 Å². The number of amides is 2. The van der Waals surface area contributed by atoms with Crippen LogP contribution in [0.4, 0.5) is 13.2 Å². The van der Waals surface area contributed by atoms with E-state index in [1.54, 1.807) is 6.92 Å². The quantitative estimate of drug-likeness (QED) is 0.405. The molecule has 0 aromatic heterocycles. The average Bonchev–Trinajstić information content (AvgIpc) is 3.15. The molecule has 2 unspecified atom stereocenters. The zero-order valence-corrected chi connectivity index (χ0v) is 17.8. The molecule has 1 aliphatic heterocycles. The van der Waals surface area contributed by atoms with Crippen LogP contribution in [0.15, 0.2) is 12.1 Å². The first-order valence-electron chi connectivity index (χ1n) is 9.46. The Labute approximate surface area is 174 Å². The number of halogens is 3. The molecule has 1 heterocycles. The van der Waals surface area contributed by atoms with E-state index < -0.39 is 35.6 Å². The molecule has 2 rings (SSSR count). The van der Waals surface area contributed by atoms with Crippen LogP contribution in [0.1, 0.15) is 39.2 Å². The maximum Gasteiger partial charge on any atom is 0.331 e. The van der Waals surface area contributed by atoms with Crippen molar-refractivity contribution in [2.24, 2.45) is 0 Å². The molecule has 0 spiro atoms. The third-order valence-electron chi connectivity index (χ3n) is 4.14. The van der Waals surface area contributed by atoms with Gasteiger partial charge in [-0.05, 0) is 19.4 Å². The highest BCUT2D eigenvalue weighted by Gasteiger charge is 2.25. The lowest BCUT2D eigenvalue weighted by molar-refractivity contribution is -0.147. The molecule has 1 N–H and O–H groups in total. The molecular formula is C20H29F3N2O5. The van der Waals surface area contributed by atoms with Crippen molar-refractivity contribution in [1.82, 2.24) is 10.2 Å². The first-order valence-corrected chi connectivity index (χ1v) is 9.46. The summed E-state index contributed by atoms with van der Waals surface area (Å²) in [4.78, 5) is 33.7. The molecule has 1 fully saturated rings. The van der Waals surface area contributed by atoms with Crippen LogP contribution in [0, 0.1) is 17.5 Å². The Bertz CT molecular complexity index is 703. The standard InChI is InChI=1S/C11H10F3NO.C7H13NO4.C2H6/c12-8-4-7(11(14)9(13)5-8)6-15-3-1-2-10(15)16;1-5(11-2)6(8-4-9)7(10)12-3;1-2/h4-5H,1-3,6H2;4-6H,1-3H3,(H,8,9);1-2H3. The summed E-state index contributed by atoms with van der Waals surface area (Å²) in [5.41, 5.74) is -0.118. The summed E-state index contributed by atoms with van der Waals surface area (Å²) >= 11 is 0. The van der Waals surface area contributed by atoms with E-state index in [0.29, 0.717) is 31.9 Å². The number of carbonyl (C=O) groups is 3. The normalized spacial score (nSPS) is 14.5. The van der Waals surface area contributed by atoms with Gasteiger partial charge in [0.1, 0.15) is 5.82 Å². The summed E-state index contributed by atoms with van der Waals surface area (Å²) in [6, 6.07) is 0.673. The number of hydrogen-bond acceptors (Lipinski definition) is 5. The predicted molar refractivity (Wildman–Crippen MR) is 104 cm³/mol. The highest BCUT2D eigenvalue weighted by Crippen LogP contribution is 2.19. The Kier molecular flexibility index (Phi) is 13.1. The van der Waals surface area contributed by atoms with Crippen LogP contribution in [0.3, 0.4) is 0 Å². The molecular weight excluding hydrogens is 405 g/mol. The number of esters is 1. The average molecular weight is 434 g/mol. The third kappa shape index (κ3) is 8.40. The lowest BCUT2D eigenvalue weighted by Crippen LogP contribution is -2.45. The van der Waals surface area contributed by atoms with Crippen LogP contribution < -0.4 is 5.32 Å². The molecule has 0 aliphatic carbocycles. The van der Waals surface area contributed by atoms with E-state index in [1.165, 1.54) is 19.1 Å². The number of nitrogens with one attached hydrogen (secondary N) is 1. The Balaban J connectivity index is 0.000000540. The van der Waals surface area contributed by atoms with Gasteiger partial charge in [-0.2, -0.15) is 0 Å². The van der Waals surface area contributed by atoms with Gasteiger partial charge in [0.05, 0.1) is 13.2 Å². The number of hydrogen-bond donors (Lipinski definition) is 1. The van der Waals surface area contributed by atoms with Gasteiger partial charge in [0, 0.05) is 38.2 Å². The Morgan fingerprint density at radius 2 is 1.90 bits per heavy atom. The second-order valence-electron chi connectivity index (χ2n) is 6.01. The molecule has 0 saturated carbocycles. The van der Waals surface area contributed by atoms with Crippen molar-refractivity contribution in [2.75, 3.05) is 20.8 Å². The van der Waals surface area contributed by atoms with Gasteiger partial charge in [-0.1, -0.05) is 13.8 Å². The zero-order valence-electron chi connectivity index (χ0n) is 17.8. The van der Waals surface area contributed by atoms with Crippen molar-refractivity contribution in [1.29, 1.82) is 0 Å². The summed E-state index contributed by atoms with van der Waals surface area (Å²) in [5.74, 6) is -3.76. The lowest BCUT2D eigenvalue weighted by atomic mass is 10.2. The van der Waals surface area contributed by atoms with Gasteiger partial charge in [0.25, 0.3) is 0 Å². The third-order valence-corrected chi connectivity index (χ3v) is 4.14. The van der Waals surface area contributed by atoms with Gasteiger partial charge in [0.2, 0.25) is 12.3 Å². The molecule has 0 radical (unpaired) electrons. The molecule has 0 bridgehead atoms. The van der Waals surface area contributed by atoms with Crippen molar-refractivity contribution >= 4 is 18.3 Å². The fourth-order valence-electron chi connectivity index (χ4n) is 2.53. The Morgan fingerprint density at radius 3 is 2.37 bits per heavy atom. The molecule has 7 nitrogen and oxygen atoms in total. The van der Waals surface area contributed by atoms with Crippen molar-refractivity contribution < 1.29 is 37.0 Å². The molecule has 1 aromatic rings. The summed E-state index contributed by atoms with van der Waals surface area (Å²) in [6.07, 6.45) is 1.16. The SMILES string of the molecule is CC.COC(=O)C(NC=O)C(C)OC.O=C1CCCN1Cc1cc(F)cc(F)c1F. The van der Waals surface area contributed by atoms with Gasteiger partial charge in [-0.3, -0.25) is 9.59 Å². The minimum Gasteiger partial charge on any atom is -0.467 e. The van der Waals surface area contributed by atoms with Gasteiger partial charge in [0.15, 0.2) is 17.7 Å². The first kappa shape index (κ1) is 27.4. The minimum absolute atomic E-state index is 0.0701. The largest absolute Gasteiger partial charge is 0.467 e. The van der Waals surface area contributed by atoms with Gasteiger partial charge < -0.3 is 19.7 Å². The molecule has 170 valence electrons. The molecule has 2 amide bonds. The number of methoxy groups -OCH3 is 2. The van der Waals surface area contributed by atoms with Crippen LogP contribution >= 0.6 is 0 Å². The van der Waals surface area contributed by atoms with Crippen molar-refractivity contribution in [3.05, 3.63) is 35.1 Å². The van der Waals surface area contributed by atoms with Crippen LogP contribution in [0.25, 0.3) is 0 Å². The second-order valence-corrected chi connectivity index (χ2v) is 6.01. The molecule has 10 heteroatoms. The Hall–Kier alpha value is -2.62. The van der Waals surface area contributed by atoms with E-state index in [0.717, 1.165) is 6.07 Å². The highest BCUT2D eigenvalue weighted by molar-refractivity contribution is 5.79. The second kappa shape index (κ2) is 14.4. The van der Waals surface area contributed by atoms with E-state index in [1.807, 2.05) is 13.8 Å². The molecule has 1 saturated heterocycles. The van der Waals surface area contributed by atoms with Crippen LogP contribution in [0.2, 0.25) is 0 Å². The monoisotopic (exact) mass is 434 g/mol. The first-order chi connectivity index (χ1) is 14.2. The summed E-state index contributed by atoms with van der Waals surface area (Å²) in [6.45, 7) is 6.10. The van der Waals surface area contributed by atoms with Gasteiger partial charge >= 0.3 is 5.97 Å². The van der Waals surface area contributed by atoms with Crippen molar-refractivity contribution in [3.63, 3.8) is 0 Å². The van der Waals surface area contributed by atoms with E-state index >= 15 is 0 Å². The summed E-state index contributed by atoms with van der Waals surface area (Å²) in [7, 11) is 2.71. The van der Waals surface area contributed by atoms with E-state index in [9.17, 15) is 27.6 Å². The number of carbonyl (C=O) groups excluding carboxylic acids is 3. The number of ether oxygens (including phenoxy) is 2. The van der Waals surface area contributed by atoms with Crippen molar-refractivity contribution in [3.8, 4) is 0 Å². The van der Waals surface area contributed by atoms with E-state index in [-0.39, 0.29) is 18.0 Å². The minimum atomic E-state index is -1.22.